The Hall–Kier alpha value is 0.840. The first-order valence-corrected chi connectivity index (χ1v) is 7.74. The van der Waals surface area contributed by atoms with Gasteiger partial charge in [-0.05, 0) is 24.2 Å². The Balaban J connectivity index is 1.81. The van der Waals surface area contributed by atoms with Gasteiger partial charge in [-0.15, -0.1) is 23.2 Å². The zero-order chi connectivity index (χ0) is 10.2. The van der Waals surface area contributed by atoms with Crippen molar-refractivity contribution in [3.63, 3.8) is 0 Å². The zero-order valence-corrected chi connectivity index (χ0v) is 11.3. The molecule has 2 nitrogen and oxygen atoms in total. The molecule has 2 rings (SSSR count). The molecule has 1 saturated carbocycles. The van der Waals surface area contributed by atoms with Gasteiger partial charge in [0.1, 0.15) is 4.33 Å². The van der Waals surface area contributed by atoms with Gasteiger partial charge in [0.2, 0.25) is 5.16 Å². The molecule has 1 aliphatic carbocycles. The van der Waals surface area contributed by atoms with Crippen molar-refractivity contribution in [3.8, 4) is 0 Å². The summed E-state index contributed by atoms with van der Waals surface area (Å²) in [4.78, 5) is 4.32. The van der Waals surface area contributed by atoms with Crippen molar-refractivity contribution < 1.29 is 0 Å². The largest absolute Gasteiger partial charge is 0.203 e. The minimum absolute atomic E-state index is 0.414. The molecule has 1 aromatic rings. The van der Waals surface area contributed by atoms with Crippen LogP contribution in [0.15, 0.2) is 9.50 Å². The SMILES string of the molecule is CSc1nsc(SCC2CC2(Cl)Cl)n1. The Morgan fingerprint density at radius 2 is 2.36 bits per heavy atom. The maximum atomic E-state index is 5.92. The van der Waals surface area contributed by atoms with Gasteiger partial charge < -0.3 is 0 Å². The molecular weight excluding hydrogens is 279 g/mol. The lowest BCUT2D eigenvalue weighted by atomic mass is 10.5. The lowest BCUT2D eigenvalue weighted by Crippen LogP contribution is -1.92. The Morgan fingerprint density at radius 3 is 2.86 bits per heavy atom. The van der Waals surface area contributed by atoms with Gasteiger partial charge in [-0.2, -0.15) is 4.37 Å². The van der Waals surface area contributed by atoms with Crippen molar-refractivity contribution in [2.75, 3.05) is 12.0 Å². The molecule has 14 heavy (non-hydrogen) atoms. The van der Waals surface area contributed by atoms with Gasteiger partial charge in [-0.3, -0.25) is 0 Å². The van der Waals surface area contributed by atoms with Crippen molar-refractivity contribution >= 4 is 58.3 Å². The molecular formula is C7H8Cl2N2S3. The van der Waals surface area contributed by atoms with Gasteiger partial charge in [0.25, 0.3) is 0 Å². The number of alkyl halides is 2. The lowest BCUT2D eigenvalue weighted by molar-refractivity contribution is 0.971. The molecule has 78 valence electrons. The second kappa shape index (κ2) is 4.37. The highest BCUT2D eigenvalue weighted by Gasteiger charge is 2.51. The third-order valence-corrected chi connectivity index (χ3v) is 5.52. The van der Waals surface area contributed by atoms with Crippen LogP contribution >= 0.6 is 58.3 Å². The summed E-state index contributed by atoms with van der Waals surface area (Å²) in [6.07, 6.45) is 2.87. The number of halogens is 2. The minimum atomic E-state index is -0.472. The molecule has 1 heterocycles. The van der Waals surface area contributed by atoms with Gasteiger partial charge in [0, 0.05) is 11.7 Å². The monoisotopic (exact) mass is 286 g/mol. The maximum Gasteiger partial charge on any atom is 0.200 e. The first-order chi connectivity index (χ1) is 6.62. The average Bonchev–Trinajstić information content (AvgIpc) is 2.62. The van der Waals surface area contributed by atoms with Crippen LogP contribution in [0.3, 0.4) is 0 Å². The second-order valence-electron chi connectivity index (χ2n) is 3.02. The predicted octanol–water partition coefficient (Wildman–Crippen LogP) is 3.55. The van der Waals surface area contributed by atoms with Crippen molar-refractivity contribution in [2.24, 2.45) is 5.92 Å². The van der Waals surface area contributed by atoms with E-state index in [1.807, 2.05) is 6.26 Å². The predicted molar refractivity (Wildman–Crippen MR) is 65.0 cm³/mol. The van der Waals surface area contributed by atoms with Crippen LogP contribution < -0.4 is 0 Å². The van der Waals surface area contributed by atoms with E-state index < -0.39 is 4.33 Å². The summed E-state index contributed by atoms with van der Waals surface area (Å²) in [6, 6.07) is 0. The summed E-state index contributed by atoms with van der Waals surface area (Å²) in [5, 5.41) is 0.844. The van der Waals surface area contributed by atoms with Crippen molar-refractivity contribution in [3.05, 3.63) is 0 Å². The highest BCUT2D eigenvalue weighted by molar-refractivity contribution is 8.01. The molecule has 0 aromatic carbocycles. The van der Waals surface area contributed by atoms with Gasteiger partial charge in [0.15, 0.2) is 4.34 Å². The van der Waals surface area contributed by atoms with Crippen LogP contribution in [0.2, 0.25) is 0 Å². The number of aromatic nitrogens is 2. The summed E-state index contributed by atoms with van der Waals surface area (Å²) in [5.41, 5.74) is 0. The van der Waals surface area contributed by atoms with Crippen LogP contribution in [-0.2, 0) is 0 Å². The topological polar surface area (TPSA) is 25.8 Å². The maximum absolute atomic E-state index is 5.92. The quantitative estimate of drug-likeness (QED) is 0.625. The molecule has 1 atom stereocenters. The number of hydrogen-bond donors (Lipinski definition) is 0. The van der Waals surface area contributed by atoms with Gasteiger partial charge in [-0.1, -0.05) is 23.5 Å². The van der Waals surface area contributed by atoms with Gasteiger partial charge >= 0.3 is 0 Å². The second-order valence-corrected chi connectivity index (χ2v) is 7.35. The fourth-order valence-corrected chi connectivity index (χ4v) is 4.13. The Bertz CT molecular complexity index is 328. The molecule has 1 unspecified atom stereocenters. The number of rotatable bonds is 4. The first kappa shape index (κ1) is 11.3. The molecule has 0 bridgehead atoms. The molecule has 1 fully saturated rings. The Kier molecular flexibility index (Phi) is 3.54. The molecule has 1 aliphatic rings. The van der Waals surface area contributed by atoms with Gasteiger partial charge in [0.05, 0.1) is 0 Å². The van der Waals surface area contributed by atoms with E-state index in [2.05, 4.69) is 9.36 Å². The third kappa shape index (κ3) is 2.70. The summed E-state index contributed by atoms with van der Waals surface area (Å²) in [7, 11) is 0. The number of thioether (sulfide) groups is 2. The van der Waals surface area contributed by atoms with E-state index in [1.54, 1.807) is 23.5 Å². The molecule has 0 amide bonds. The highest BCUT2D eigenvalue weighted by Crippen LogP contribution is 2.54. The zero-order valence-electron chi connectivity index (χ0n) is 7.37. The van der Waals surface area contributed by atoms with Crippen LogP contribution in [0.4, 0.5) is 0 Å². The Morgan fingerprint density at radius 1 is 1.64 bits per heavy atom. The molecule has 0 spiro atoms. The van der Waals surface area contributed by atoms with Crippen LogP contribution in [0, 0.1) is 5.92 Å². The van der Waals surface area contributed by atoms with Gasteiger partial charge in [-0.25, -0.2) is 4.98 Å². The average molecular weight is 287 g/mol. The Labute approximate surface area is 105 Å². The highest BCUT2D eigenvalue weighted by atomic mass is 35.5. The van der Waals surface area contributed by atoms with Crippen LogP contribution in [0.5, 0.6) is 0 Å². The van der Waals surface area contributed by atoms with Crippen LogP contribution in [-0.4, -0.2) is 25.7 Å². The van der Waals surface area contributed by atoms with E-state index in [0.717, 1.165) is 21.7 Å². The number of nitrogens with zero attached hydrogens (tertiary/aromatic N) is 2. The van der Waals surface area contributed by atoms with Crippen molar-refractivity contribution in [1.29, 1.82) is 0 Å². The fourth-order valence-electron chi connectivity index (χ4n) is 0.961. The molecule has 0 radical (unpaired) electrons. The van der Waals surface area contributed by atoms with E-state index in [0.29, 0.717) is 5.92 Å². The third-order valence-electron chi connectivity index (χ3n) is 1.94. The number of hydrogen-bond acceptors (Lipinski definition) is 5. The summed E-state index contributed by atoms with van der Waals surface area (Å²) >= 11 is 16.5. The molecule has 7 heteroatoms. The lowest BCUT2D eigenvalue weighted by Gasteiger charge is -1.96. The van der Waals surface area contributed by atoms with Crippen LogP contribution in [0.1, 0.15) is 6.42 Å². The summed E-state index contributed by atoms with van der Waals surface area (Å²) in [5.74, 6) is 1.35. The van der Waals surface area contributed by atoms with E-state index in [9.17, 15) is 0 Å². The minimum Gasteiger partial charge on any atom is -0.203 e. The first-order valence-electron chi connectivity index (χ1n) is 4.00. The van der Waals surface area contributed by atoms with Crippen molar-refractivity contribution in [2.45, 2.75) is 20.3 Å². The van der Waals surface area contributed by atoms with E-state index >= 15 is 0 Å². The molecule has 0 saturated heterocycles. The molecule has 1 aromatic heterocycles. The normalized spacial score (nSPS) is 23.8. The fraction of sp³-hybridized carbons (Fsp3) is 0.714. The van der Waals surface area contributed by atoms with E-state index in [-0.39, 0.29) is 0 Å². The van der Waals surface area contributed by atoms with E-state index in [1.165, 1.54) is 11.5 Å². The molecule has 0 N–H and O–H groups in total. The summed E-state index contributed by atoms with van der Waals surface area (Å²) in [6.45, 7) is 0. The molecule has 0 aliphatic heterocycles. The van der Waals surface area contributed by atoms with Crippen LogP contribution in [0.25, 0.3) is 0 Å². The smallest absolute Gasteiger partial charge is 0.200 e. The summed E-state index contributed by atoms with van der Waals surface area (Å²) < 4.78 is 4.71. The van der Waals surface area contributed by atoms with E-state index in [4.69, 9.17) is 23.2 Å². The van der Waals surface area contributed by atoms with Crippen molar-refractivity contribution in [1.82, 2.24) is 9.36 Å². The standard InChI is InChI=1S/C7H8Cl2N2S3/c1-12-5-10-6(14-11-5)13-3-4-2-7(4,8)9/h4H,2-3H2,1H3.